The van der Waals surface area contributed by atoms with Crippen molar-refractivity contribution in [1.82, 2.24) is 15.6 Å². The smallest absolute Gasteiger partial charge is 0.240 e. The molecule has 0 spiro atoms. The van der Waals surface area contributed by atoms with E-state index in [9.17, 15) is 9.59 Å². The summed E-state index contributed by atoms with van der Waals surface area (Å²) in [6.45, 7) is 9.08. The van der Waals surface area contributed by atoms with E-state index in [1.807, 2.05) is 19.1 Å². The number of benzene rings is 1. The van der Waals surface area contributed by atoms with Crippen LogP contribution < -0.4 is 15.4 Å². The van der Waals surface area contributed by atoms with Crippen molar-refractivity contribution in [3.05, 3.63) is 59.8 Å². The zero-order valence-electron chi connectivity index (χ0n) is 15.4. The number of carbonyl (C=O) groups excluding carboxylic acids is 2. The number of aromatic nitrogens is 1. The van der Waals surface area contributed by atoms with E-state index in [0.717, 1.165) is 15.8 Å². The van der Waals surface area contributed by atoms with Crippen LogP contribution in [0.15, 0.2) is 54.8 Å². The van der Waals surface area contributed by atoms with Crippen molar-refractivity contribution < 1.29 is 14.3 Å². The van der Waals surface area contributed by atoms with Gasteiger partial charge in [-0.1, -0.05) is 19.2 Å². The van der Waals surface area contributed by atoms with Gasteiger partial charge in [0.2, 0.25) is 11.8 Å². The Morgan fingerprint density at radius 1 is 1.29 bits per heavy atom. The van der Waals surface area contributed by atoms with E-state index < -0.39 is 5.91 Å². The summed E-state index contributed by atoms with van der Waals surface area (Å²) >= 11 is 1.38. The van der Waals surface area contributed by atoms with Crippen LogP contribution in [0.4, 0.5) is 0 Å². The van der Waals surface area contributed by atoms with Gasteiger partial charge in [0.15, 0.2) is 0 Å². The quantitative estimate of drug-likeness (QED) is 0.385. The molecule has 0 fully saturated rings. The molecule has 0 aliphatic heterocycles. The molecule has 2 amide bonds. The van der Waals surface area contributed by atoms with Crippen LogP contribution in [0.3, 0.4) is 0 Å². The van der Waals surface area contributed by atoms with Crippen LogP contribution in [0.2, 0.25) is 0 Å². The summed E-state index contributed by atoms with van der Waals surface area (Å²) in [5, 5.41) is 13.9. The van der Waals surface area contributed by atoms with E-state index in [-0.39, 0.29) is 25.4 Å². The molecule has 2 aromatic rings. The van der Waals surface area contributed by atoms with Crippen molar-refractivity contribution >= 4 is 33.4 Å². The number of carbonyl (C=O) groups is 2. The van der Waals surface area contributed by atoms with Crippen LogP contribution in [0.25, 0.3) is 10.2 Å². The highest BCUT2D eigenvalue weighted by atomic mass is 32.1. The van der Waals surface area contributed by atoms with Gasteiger partial charge >= 0.3 is 0 Å². The second kappa shape index (κ2) is 10.0. The zero-order chi connectivity index (χ0) is 20.5. The summed E-state index contributed by atoms with van der Waals surface area (Å²) in [4.78, 5) is 27.8. The Bertz CT molecular complexity index is 985. The summed E-state index contributed by atoms with van der Waals surface area (Å²) in [6.07, 6.45) is 3.38. The minimum absolute atomic E-state index is 0.0639. The van der Waals surface area contributed by atoms with E-state index in [4.69, 9.17) is 10.00 Å². The predicted molar refractivity (Wildman–Crippen MR) is 109 cm³/mol. The van der Waals surface area contributed by atoms with Gasteiger partial charge < -0.3 is 15.4 Å². The fourth-order valence-corrected chi connectivity index (χ4v) is 3.18. The summed E-state index contributed by atoms with van der Waals surface area (Å²) in [6, 6.07) is 7.26. The van der Waals surface area contributed by atoms with Crippen LogP contribution >= 0.6 is 11.3 Å². The first-order chi connectivity index (χ1) is 13.5. The highest BCUT2D eigenvalue weighted by Gasteiger charge is 2.11. The fraction of sp³-hybridized carbons (Fsp3) is 0.200. The van der Waals surface area contributed by atoms with Gasteiger partial charge in [-0.25, -0.2) is 4.98 Å². The lowest BCUT2D eigenvalue weighted by Gasteiger charge is -2.08. The average Bonchev–Trinajstić information content (AvgIpc) is 3.09. The molecule has 144 valence electrons. The molecule has 2 N–H and O–H groups in total. The number of hydrogen-bond acceptors (Lipinski definition) is 6. The van der Waals surface area contributed by atoms with E-state index >= 15 is 0 Å². The van der Waals surface area contributed by atoms with Crippen molar-refractivity contribution in [2.24, 2.45) is 0 Å². The third kappa shape index (κ3) is 5.79. The molecule has 1 aromatic carbocycles. The van der Waals surface area contributed by atoms with Gasteiger partial charge in [-0.15, -0.1) is 11.3 Å². The fourth-order valence-electron chi connectivity index (χ4n) is 2.18. The van der Waals surface area contributed by atoms with Crippen LogP contribution in [0.5, 0.6) is 5.75 Å². The lowest BCUT2D eigenvalue weighted by atomic mass is 10.2. The number of amides is 2. The second-order valence-electron chi connectivity index (χ2n) is 5.68. The Morgan fingerprint density at radius 3 is 2.75 bits per heavy atom. The molecule has 0 unspecified atom stereocenters. The SMILES string of the molecule is C=C/C(C)=C(\C=C)Oc1ccc2nc(CC(=O)NCC(=O)NCC#N)sc2c1. The molecule has 0 saturated carbocycles. The highest BCUT2D eigenvalue weighted by molar-refractivity contribution is 7.18. The normalized spacial score (nSPS) is 11.1. The largest absolute Gasteiger partial charge is 0.457 e. The summed E-state index contributed by atoms with van der Waals surface area (Å²) < 4.78 is 6.72. The predicted octanol–water partition coefficient (Wildman–Crippen LogP) is 2.62. The Balaban J connectivity index is 2.03. The molecule has 1 aromatic heterocycles. The summed E-state index contributed by atoms with van der Waals surface area (Å²) in [7, 11) is 0. The number of allylic oxidation sites excluding steroid dienone is 3. The number of hydrogen-bond donors (Lipinski definition) is 2. The number of thiazole rings is 1. The van der Waals surface area contributed by atoms with Crippen LogP contribution in [-0.4, -0.2) is 29.9 Å². The molecule has 7 nitrogen and oxygen atoms in total. The Kier molecular flexibility index (Phi) is 7.48. The van der Waals surface area contributed by atoms with Gasteiger partial charge in [0.25, 0.3) is 0 Å². The first-order valence-corrected chi connectivity index (χ1v) is 9.22. The van der Waals surface area contributed by atoms with Gasteiger partial charge in [0.1, 0.15) is 23.1 Å². The number of ether oxygens (including phenoxy) is 1. The molecule has 28 heavy (non-hydrogen) atoms. The molecule has 8 heteroatoms. The first kappa shape index (κ1) is 20.9. The molecule has 0 aliphatic carbocycles. The van der Waals surface area contributed by atoms with Crippen LogP contribution in [-0.2, 0) is 16.0 Å². The number of nitrogens with one attached hydrogen (secondary N) is 2. The van der Waals surface area contributed by atoms with Crippen molar-refractivity contribution in [1.29, 1.82) is 5.26 Å². The highest BCUT2D eigenvalue weighted by Crippen LogP contribution is 2.28. The maximum atomic E-state index is 12.0. The topological polar surface area (TPSA) is 104 Å². The molecular weight excluding hydrogens is 376 g/mol. The van der Waals surface area contributed by atoms with Gasteiger partial charge in [-0.05, 0) is 30.7 Å². The molecule has 2 rings (SSSR count). The summed E-state index contributed by atoms with van der Waals surface area (Å²) in [5.41, 5.74) is 1.63. The lowest BCUT2D eigenvalue weighted by Crippen LogP contribution is -2.37. The monoisotopic (exact) mass is 396 g/mol. The maximum Gasteiger partial charge on any atom is 0.240 e. The van der Waals surface area contributed by atoms with Crippen molar-refractivity contribution in [3.63, 3.8) is 0 Å². The zero-order valence-corrected chi connectivity index (χ0v) is 16.3. The van der Waals surface area contributed by atoms with Crippen molar-refractivity contribution in [2.75, 3.05) is 13.1 Å². The minimum atomic E-state index is -0.415. The van der Waals surface area contributed by atoms with E-state index in [1.54, 1.807) is 24.3 Å². The van der Waals surface area contributed by atoms with Gasteiger partial charge in [0, 0.05) is 6.07 Å². The molecule has 0 atom stereocenters. The summed E-state index contributed by atoms with van der Waals surface area (Å²) in [5.74, 6) is 0.522. The Morgan fingerprint density at radius 2 is 2.07 bits per heavy atom. The maximum absolute atomic E-state index is 12.0. The van der Waals surface area contributed by atoms with E-state index in [0.29, 0.717) is 16.5 Å². The third-order valence-electron chi connectivity index (χ3n) is 3.63. The molecule has 0 aliphatic rings. The number of nitrogens with zero attached hydrogens (tertiary/aromatic N) is 2. The lowest BCUT2D eigenvalue weighted by molar-refractivity contribution is -0.125. The Hall–Kier alpha value is -3.44. The van der Waals surface area contributed by atoms with E-state index in [1.165, 1.54) is 11.3 Å². The van der Waals surface area contributed by atoms with Crippen molar-refractivity contribution in [3.8, 4) is 11.8 Å². The standard InChI is InChI=1S/C20H20N4O3S/c1-4-13(3)16(5-2)27-14-6-7-15-17(10-14)28-20(24-15)11-18(25)23-12-19(26)22-9-8-21/h4-7,10H,1-2,9,11-12H2,3H3,(H,22,26)(H,23,25)/b16-13+. The third-order valence-corrected chi connectivity index (χ3v) is 4.65. The molecule has 0 bridgehead atoms. The molecule has 0 saturated heterocycles. The van der Waals surface area contributed by atoms with Crippen LogP contribution in [0, 0.1) is 11.3 Å². The molecular formula is C20H20N4O3S. The first-order valence-electron chi connectivity index (χ1n) is 8.40. The Labute approximate surface area is 167 Å². The van der Waals surface area contributed by atoms with Crippen LogP contribution in [0.1, 0.15) is 11.9 Å². The van der Waals surface area contributed by atoms with Gasteiger partial charge in [0.05, 0.1) is 29.3 Å². The van der Waals surface area contributed by atoms with E-state index in [2.05, 4.69) is 28.8 Å². The van der Waals surface area contributed by atoms with Crippen molar-refractivity contribution in [2.45, 2.75) is 13.3 Å². The number of fused-ring (bicyclic) bond motifs is 1. The number of rotatable bonds is 9. The molecule has 0 radical (unpaired) electrons. The molecule has 1 heterocycles. The second-order valence-corrected chi connectivity index (χ2v) is 6.80. The van der Waals surface area contributed by atoms with Gasteiger partial charge in [-0.2, -0.15) is 5.26 Å². The minimum Gasteiger partial charge on any atom is -0.457 e. The van der Waals surface area contributed by atoms with Gasteiger partial charge in [-0.3, -0.25) is 9.59 Å². The number of nitriles is 1. The average molecular weight is 396 g/mol.